The van der Waals surface area contributed by atoms with Gasteiger partial charge < -0.3 is 10.6 Å². The van der Waals surface area contributed by atoms with E-state index in [0.717, 1.165) is 23.3 Å². The summed E-state index contributed by atoms with van der Waals surface area (Å²) in [5.74, 6) is 1.16. The highest BCUT2D eigenvalue weighted by atomic mass is 32.1. The monoisotopic (exact) mass is 289 g/mol. The number of hydrogen-bond acceptors (Lipinski definition) is 4. The summed E-state index contributed by atoms with van der Waals surface area (Å²) in [6, 6.07) is 3.83. The van der Waals surface area contributed by atoms with Crippen molar-refractivity contribution in [3.63, 3.8) is 0 Å². The van der Waals surface area contributed by atoms with Gasteiger partial charge in [0.1, 0.15) is 10.4 Å². The van der Waals surface area contributed by atoms with Crippen molar-refractivity contribution in [1.29, 1.82) is 0 Å². The predicted octanol–water partition coefficient (Wildman–Crippen LogP) is 3.00. The van der Waals surface area contributed by atoms with Crippen LogP contribution >= 0.6 is 11.3 Å². The maximum atomic E-state index is 12.7. The van der Waals surface area contributed by atoms with E-state index < -0.39 is 0 Å². The van der Waals surface area contributed by atoms with Crippen molar-refractivity contribution in [3.05, 3.63) is 23.2 Å². The maximum absolute atomic E-state index is 12.7. The van der Waals surface area contributed by atoms with E-state index in [0.29, 0.717) is 22.4 Å². The molecule has 1 aliphatic rings. The standard InChI is InChI=1S/C15H19N3OS/c1-9-6-10(2)8-18(7-9)15(19)14-12(16)13-11(20-14)4-3-5-17-13/h3-5,9-10H,6-8,16H2,1-2H3. The number of hydrogen-bond donors (Lipinski definition) is 1. The summed E-state index contributed by atoms with van der Waals surface area (Å²) in [7, 11) is 0. The number of nitrogens with two attached hydrogens (primary N) is 1. The smallest absolute Gasteiger partial charge is 0.266 e. The van der Waals surface area contributed by atoms with Gasteiger partial charge in [-0.3, -0.25) is 9.78 Å². The second-order valence-corrected chi connectivity index (χ2v) is 6.90. The summed E-state index contributed by atoms with van der Waals surface area (Å²) in [6.45, 7) is 6.05. The molecule has 0 aliphatic carbocycles. The first-order valence-electron chi connectivity index (χ1n) is 6.98. The predicted molar refractivity (Wildman–Crippen MR) is 82.9 cm³/mol. The van der Waals surface area contributed by atoms with Gasteiger partial charge in [0, 0.05) is 19.3 Å². The Labute approximate surface area is 122 Å². The number of anilines is 1. The zero-order chi connectivity index (χ0) is 14.3. The van der Waals surface area contributed by atoms with Crippen LogP contribution in [0, 0.1) is 11.8 Å². The molecule has 5 heteroatoms. The molecule has 3 heterocycles. The second-order valence-electron chi connectivity index (χ2n) is 5.85. The molecule has 2 aromatic rings. The second kappa shape index (κ2) is 5.05. The molecule has 0 saturated carbocycles. The first-order valence-corrected chi connectivity index (χ1v) is 7.80. The van der Waals surface area contributed by atoms with E-state index in [1.165, 1.54) is 17.8 Å². The van der Waals surface area contributed by atoms with Crippen molar-refractivity contribution in [2.24, 2.45) is 11.8 Å². The van der Waals surface area contributed by atoms with Gasteiger partial charge in [0.05, 0.1) is 10.4 Å². The number of fused-ring (bicyclic) bond motifs is 1. The molecule has 4 nitrogen and oxygen atoms in total. The number of carbonyl (C=O) groups excluding carboxylic acids is 1. The molecule has 2 aromatic heterocycles. The third-order valence-corrected chi connectivity index (χ3v) is 4.98. The minimum atomic E-state index is 0.0592. The molecule has 1 fully saturated rings. The van der Waals surface area contributed by atoms with Gasteiger partial charge in [-0.1, -0.05) is 13.8 Å². The number of piperidine rings is 1. The number of carbonyl (C=O) groups is 1. The lowest BCUT2D eigenvalue weighted by atomic mass is 9.92. The highest BCUT2D eigenvalue weighted by molar-refractivity contribution is 7.21. The summed E-state index contributed by atoms with van der Waals surface area (Å²) in [4.78, 5) is 19.6. The van der Waals surface area contributed by atoms with Gasteiger partial charge in [-0.25, -0.2) is 0 Å². The van der Waals surface area contributed by atoms with E-state index in [4.69, 9.17) is 5.73 Å². The highest BCUT2D eigenvalue weighted by Crippen LogP contribution is 2.34. The fraction of sp³-hybridized carbons (Fsp3) is 0.467. The van der Waals surface area contributed by atoms with Crippen LogP contribution in [-0.2, 0) is 0 Å². The summed E-state index contributed by atoms with van der Waals surface area (Å²) in [5, 5.41) is 0. The molecule has 106 valence electrons. The summed E-state index contributed by atoms with van der Waals surface area (Å²) < 4.78 is 0.978. The number of nitrogens with zero attached hydrogens (tertiary/aromatic N) is 2. The third kappa shape index (κ3) is 2.26. The number of amides is 1. The van der Waals surface area contributed by atoms with Gasteiger partial charge >= 0.3 is 0 Å². The van der Waals surface area contributed by atoms with Crippen molar-refractivity contribution < 1.29 is 4.79 Å². The molecule has 1 aliphatic heterocycles. The molecule has 2 atom stereocenters. The fourth-order valence-electron chi connectivity index (χ4n) is 3.08. The van der Waals surface area contributed by atoms with Gasteiger partial charge in [-0.15, -0.1) is 11.3 Å². The van der Waals surface area contributed by atoms with Crippen LogP contribution in [0.2, 0.25) is 0 Å². The van der Waals surface area contributed by atoms with Crippen molar-refractivity contribution in [1.82, 2.24) is 9.88 Å². The van der Waals surface area contributed by atoms with Gasteiger partial charge in [0.15, 0.2) is 0 Å². The third-order valence-electron chi connectivity index (χ3n) is 3.83. The summed E-state index contributed by atoms with van der Waals surface area (Å²) in [5.41, 5.74) is 7.39. The van der Waals surface area contributed by atoms with E-state index in [9.17, 15) is 4.79 Å². The average molecular weight is 289 g/mol. The van der Waals surface area contributed by atoms with Crippen molar-refractivity contribution in [3.8, 4) is 0 Å². The molecule has 0 bridgehead atoms. The number of likely N-dealkylation sites (tertiary alicyclic amines) is 1. The Kier molecular flexibility index (Phi) is 3.38. The first kappa shape index (κ1) is 13.4. The number of pyridine rings is 1. The van der Waals surface area contributed by atoms with Crippen LogP contribution in [0.25, 0.3) is 10.2 Å². The maximum Gasteiger partial charge on any atom is 0.266 e. The molecule has 0 spiro atoms. The Morgan fingerprint density at radius 2 is 2.10 bits per heavy atom. The molecule has 1 amide bonds. The van der Waals surface area contributed by atoms with Gasteiger partial charge in [0.2, 0.25) is 0 Å². The van der Waals surface area contributed by atoms with Gasteiger partial charge in [-0.05, 0) is 30.4 Å². The molecule has 3 rings (SSSR count). The van der Waals surface area contributed by atoms with E-state index in [1.54, 1.807) is 6.20 Å². The molecular weight excluding hydrogens is 270 g/mol. The minimum Gasteiger partial charge on any atom is -0.396 e. The lowest BCUT2D eigenvalue weighted by molar-refractivity contribution is 0.0629. The molecule has 1 saturated heterocycles. The van der Waals surface area contributed by atoms with E-state index in [-0.39, 0.29) is 5.91 Å². The summed E-state index contributed by atoms with van der Waals surface area (Å²) in [6.07, 6.45) is 2.90. The van der Waals surface area contributed by atoms with Gasteiger partial charge in [0.25, 0.3) is 5.91 Å². The molecule has 2 N–H and O–H groups in total. The highest BCUT2D eigenvalue weighted by Gasteiger charge is 2.28. The Bertz CT molecular complexity index is 642. The average Bonchev–Trinajstić information content (AvgIpc) is 2.75. The van der Waals surface area contributed by atoms with Crippen molar-refractivity contribution in [2.75, 3.05) is 18.8 Å². The fourth-order valence-corrected chi connectivity index (χ4v) is 4.13. The lowest BCUT2D eigenvalue weighted by Gasteiger charge is -2.34. The molecule has 0 aromatic carbocycles. The Balaban J connectivity index is 1.94. The van der Waals surface area contributed by atoms with Crippen LogP contribution in [-0.4, -0.2) is 28.9 Å². The SMILES string of the molecule is CC1CC(C)CN(C(=O)c2sc3cccnc3c2N)C1. The molecule has 0 radical (unpaired) electrons. The van der Waals surface area contributed by atoms with Crippen LogP contribution < -0.4 is 5.73 Å². The van der Waals surface area contributed by atoms with E-state index in [1.807, 2.05) is 17.0 Å². The van der Waals surface area contributed by atoms with Crippen molar-refractivity contribution >= 4 is 33.1 Å². The Hall–Kier alpha value is -1.62. The zero-order valence-corrected chi connectivity index (χ0v) is 12.6. The van der Waals surface area contributed by atoms with Crippen molar-refractivity contribution in [2.45, 2.75) is 20.3 Å². The van der Waals surface area contributed by atoms with Crippen LogP contribution in [0.1, 0.15) is 29.9 Å². The van der Waals surface area contributed by atoms with Crippen LogP contribution in [0.3, 0.4) is 0 Å². The number of thiophene rings is 1. The number of nitrogen functional groups attached to an aromatic ring is 1. The lowest BCUT2D eigenvalue weighted by Crippen LogP contribution is -2.42. The Morgan fingerprint density at radius 1 is 1.40 bits per heavy atom. The van der Waals surface area contributed by atoms with Crippen LogP contribution in [0.15, 0.2) is 18.3 Å². The zero-order valence-electron chi connectivity index (χ0n) is 11.8. The Morgan fingerprint density at radius 3 is 2.75 bits per heavy atom. The molecular formula is C15H19N3OS. The molecule has 20 heavy (non-hydrogen) atoms. The number of rotatable bonds is 1. The topological polar surface area (TPSA) is 59.2 Å². The van der Waals surface area contributed by atoms with Gasteiger partial charge in [-0.2, -0.15) is 0 Å². The summed E-state index contributed by atoms with van der Waals surface area (Å²) >= 11 is 1.45. The van der Waals surface area contributed by atoms with Crippen LogP contribution in [0.5, 0.6) is 0 Å². The molecule has 2 unspecified atom stereocenters. The first-order chi connectivity index (χ1) is 9.56. The minimum absolute atomic E-state index is 0.0592. The normalized spacial score (nSPS) is 23.2. The largest absolute Gasteiger partial charge is 0.396 e. The van der Waals surface area contributed by atoms with E-state index in [2.05, 4.69) is 18.8 Å². The quantitative estimate of drug-likeness (QED) is 0.878. The van der Waals surface area contributed by atoms with Crippen LogP contribution in [0.4, 0.5) is 5.69 Å². The van der Waals surface area contributed by atoms with E-state index >= 15 is 0 Å². The number of aromatic nitrogens is 1.